The Morgan fingerprint density at radius 1 is 1.18 bits per heavy atom. The normalized spacial score (nSPS) is 14.4. The zero-order valence-electron chi connectivity index (χ0n) is 10.8. The van der Waals surface area contributed by atoms with Crippen LogP contribution in [0.3, 0.4) is 0 Å². The highest BCUT2D eigenvalue weighted by Gasteiger charge is 2.19. The van der Waals surface area contributed by atoms with Gasteiger partial charge < -0.3 is 14.6 Å². The molecular weight excluding hydrogens is 216 g/mol. The van der Waals surface area contributed by atoms with Gasteiger partial charge >= 0.3 is 0 Å². The van der Waals surface area contributed by atoms with Gasteiger partial charge in [-0.05, 0) is 31.0 Å². The molecule has 0 amide bonds. The van der Waals surface area contributed by atoms with Crippen molar-refractivity contribution >= 4 is 0 Å². The maximum atomic E-state index is 10.2. The molecule has 0 spiro atoms. The first-order valence-electron chi connectivity index (χ1n) is 6.16. The predicted octanol–water partition coefficient (Wildman–Crippen LogP) is 2.93. The largest absolute Gasteiger partial charge is 0.494 e. The first-order chi connectivity index (χ1) is 8.22. The standard InChI is InChI=1S/C14H22O3/c1-4-6-13(16-3)14(15)11-7-9-12(10-8-11)17-5-2/h7-10,13-15H,4-6H2,1-3H3. The predicted molar refractivity (Wildman–Crippen MR) is 68.3 cm³/mol. The molecule has 0 aromatic heterocycles. The van der Waals surface area contributed by atoms with Crippen molar-refractivity contribution in [1.82, 2.24) is 0 Å². The van der Waals surface area contributed by atoms with E-state index in [1.807, 2.05) is 31.2 Å². The Bertz CT molecular complexity index is 308. The van der Waals surface area contributed by atoms with Crippen LogP contribution in [-0.4, -0.2) is 24.9 Å². The molecule has 0 aliphatic carbocycles. The molecule has 0 heterocycles. The second-order valence-electron chi connectivity index (χ2n) is 4.01. The fraction of sp³-hybridized carbons (Fsp3) is 0.571. The molecule has 2 atom stereocenters. The van der Waals surface area contributed by atoms with Gasteiger partial charge in [-0.3, -0.25) is 0 Å². The minimum Gasteiger partial charge on any atom is -0.494 e. The van der Waals surface area contributed by atoms with E-state index in [0.29, 0.717) is 6.61 Å². The van der Waals surface area contributed by atoms with Gasteiger partial charge in [-0.25, -0.2) is 0 Å². The van der Waals surface area contributed by atoms with Crippen molar-refractivity contribution < 1.29 is 14.6 Å². The Morgan fingerprint density at radius 3 is 2.29 bits per heavy atom. The van der Waals surface area contributed by atoms with Gasteiger partial charge in [0.05, 0.1) is 12.7 Å². The number of hydrogen-bond donors (Lipinski definition) is 1. The van der Waals surface area contributed by atoms with Crippen LogP contribution in [0.1, 0.15) is 38.4 Å². The third kappa shape index (κ3) is 4.02. The third-order valence-electron chi connectivity index (χ3n) is 2.76. The van der Waals surface area contributed by atoms with Crippen molar-refractivity contribution in [3.8, 4) is 5.75 Å². The van der Waals surface area contributed by atoms with Gasteiger partial charge in [-0.1, -0.05) is 25.5 Å². The van der Waals surface area contributed by atoms with Gasteiger partial charge in [0.25, 0.3) is 0 Å². The lowest BCUT2D eigenvalue weighted by atomic mass is 10.0. The molecule has 0 bridgehead atoms. The minimum atomic E-state index is -0.573. The van der Waals surface area contributed by atoms with E-state index in [9.17, 15) is 5.11 Å². The van der Waals surface area contributed by atoms with E-state index in [2.05, 4.69) is 6.92 Å². The highest BCUT2D eigenvalue weighted by molar-refractivity contribution is 5.29. The number of hydrogen-bond acceptors (Lipinski definition) is 3. The molecule has 0 saturated carbocycles. The summed E-state index contributed by atoms with van der Waals surface area (Å²) >= 11 is 0. The van der Waals surface area contributed by atoms with E-state index in [1.165, 1.54) is 0 Å². The minimum absolute atomic E-state index is 0.141. The molecule has 0 saturated heterocycles. The smallest absolute Gasteiger partial charge is 0.119 e. The lowest BCUT2D eigenvalue weighted by Gasteiger charge is -2.21. The number of methoxy groups -OCH3 is 1. The van der Waals surface area contributed by atoms with Gasteiger partial charge in [-0.2, -0.15) is 0 Å². The number of aliphatic hydroxyl groups is 1. The zero-order valence-corrected chi connectivity index (χ0v) is 10.8. The molecule has 2 unspecified atom stereocenters. The summed E-state index contributed by atoms with van der Waals surface area (Å²) in [5.74, 6) is 0.827. The second-order valence-corrected chi connectivity index (χ2v) is 4.01. The van der Waals surface area contributed by atoms with Crippen molar-refractivity contribution in [3.63, 3.8) is 0 Å². The fourth-order valence-electron chi connectivity index (χ4n) is 1.83. The Balaban J connectivity index is 2.70. The van der Waals surface area contributed by atoms with Gasteiger partial charge in [0.2, 0.25) is 0 Å². The van der Waals surface area contributed by atoms with Crippen molar-refractivity contribution in [2.24, 2.45) is 0 Å². The quantitative estimate of drug-likeness (QED) is 0.793. The maximum absolute atomic E-state index is 10.2. The molecule has 1 rings (SSSR count). The molecule has 17 heavy (non-hydrogen) atoms. The number of rotatable bonds is 7. The summed E-state index contributed by atoms with van der Waals surface area (Å²) in [5, 5.41) is 10.2. The van der Waals surface area contributed by atoms with Crippen LogP contribution in [-0.2, 0) is 4.74 Å². The second kappa shape index (κ2) is 7.30. The molecule has 3 heteroatoms. The first-order valence-corrected chi connectivity index (χ1v) is 6.16. The molecule has 1 aromatic carbocycles. The van der Waals surface area contributed by atoms with E-state index in [1.54, 1.807) is 7.11 Å². The number of benzene rings is 1. The van der Waals surface area contributed by atoms with Crippen molar-refractivity contribution in [2.75, 3.05) is 13.7 Å². The van der Waals surface area contributed by atoms with Crippen LogP contribution >= 0.6 is 0 Å². The monoisotopic (exact) mass is 238 g/mol. The summed E-state index contributed by atoms with van der Waals surface area (Å²) in [5.41, 5.74) is 0.869. The highest BCUT2D eigenvalue weighted by Crippen LogP contribution is 2.24. The molecule has 0 fully saturated rings. The summed E-state index contributed by atoms with van der Waals surface area (Å²) < 4.78 is 10.7. The third-order valence-corrected chi connectivity index (χ3v) is 2.76. The maximum Gasteiger partial charge on any atom is 0.119 e. The summed E-state index contributed by atoms with van der Waals surface area (Å²) in [6.07, 6.45) is 1.13. The van der Waals surface area contributed by atoms with E-state index in [0.717, 1.165) is 24.2 Å². The first kappa shape index (κ1) is 14.0. The average molecular weight is 238 g/mol. The van der Waals surface area contributed by atoms with E-state index in [-0.39, 0.29) is 6.10 Å². The summed E-state index contributed by atoms with van der Waals surface area (Å²) in [4.78, 5) is 0. The molecule has 96 valence electrons. The van der Waals surface area contributed by atoms with Crippen LogP contribution in [0, 0.1) is 0 Å². The Hall–Kier alpha value is -1.06. The van der Waals surface area contributed by atoms with E-state index in [4.69, 9.17) is 9.47 Å². The van der Waals surface area contributed by atoms with Crippen LogP contribution in [0.25, 0.3) is 0 Å². The van der Waals surface area contributed by atoms with Crippen molar-refractivity contribution in [3.05, 3.63) is 29.8 Å². The van der Waals surface area contributed by atoms with Gasteiger partial charge in [-0.15, -0.1) is 0 Å². The summed E-state index contributed by atoms with van der Waals surface area (Å²) in [7, 11) is 1.64. The van der Waals surface area contributed by atoms with Crippen LogP contribution in [0.15, 0.2) is 24.3 Å². The SMILES string of the molecule is CCCC(OC)C(O)c1ccc(OCC)cc1. The van der Waals surface area contributed by atoms with E-state index < -0.39 is 6.10 Å². The molecule has 0 aliphatic rings. The molecule has 0 radical (unpaired) electrons. The average Bonchev–Trinajstić information content (AvgIpc) is 2.36. The Morgan fingerprint density at radius 2 is 1.82 bits per heavy atom. The van der Waals surface area contributed by atoms with Crippen molar-refractivity contribution in [1.29, 1.82) is 0 Å². The Labute approximate surface area is 103 Å². The van der Waals surface area contributed by atoms with E-state index >= 15 is 0 Å². The van der Waals surface area contributed by atoms with Gasteiger partial charge in [0, 0.05) is 7.11 Å². The molecule has 0 aliphatic heterocycles. The molecule has 1 aromatic rings. The van der Waals surface area contributed by atoms with Crippen LogP contribution in [0.2, 0.25) is 0 Å². The lowest BCUT2D eigenvalue weighted by molar-refractivity contribution is -0.0179. The van der Waals surface area contributed by atoms with Crippen LogP contribution in [0.5, 0.6) is 5.75 Å². The summed E-state index contributed by atoms with van der Waals surface area (Å²) in [6.45, 7) is 4.68. The fourth-order valence-corrected chi connectivity index (χ4v) is 1.83. The molecule has 3 nitrogen and oxygen atoms in total. The van der Waals surface area contributed by atoms with Crippen LogP contribution in [0.4, 0.5) is 0 Å². The Kier molecular flexibility index (Phi) is 6.01. The van der Waals surface area contributed by atoms with Gasteiger partial charge in [0.1, 0.15) is 11.9 Å². The molecule has 1 N–H and O–H groups in total. The number of ether oxygens (including phenoxy) is 2. The van der Waals surface area contributed by atoms with Crippen molar-refractivity contribution in [2.45, 2.75) is 38.9 Å². The zero-order chi connectivity index (χ0) is 12.7. The van der Waals surface area contributed by atoms with Crippen LogP contribution < -0.4 is 4.74 Å². The molecular formula is C14H22O3. The highest BCUT2D eigenvalue weighted by atomic mass is 16.5. The topological polar surface area (TPSA) is 38.7 Å². The van der Waals surface area contributed by atoms with Gasteiger partial charge in [0.15, 0.2) is 0 Å². The summed E-state index contributed by atoms with van der Waals surface area (Å²) in [6, 6.07) is 7.52. The lowest BCUT2D eigenvalue weighted by Crippen LogP contribution is -2.20. The number of aliphatic hydroxyl groups excluding tert-OH is 1.